The summed E-state index contributed by atoms with van der Waals surface area (Å²) in [5, 5.41) is 0. The lowest BCUT2D eigenvalue weighted by Gasteiger charge is -2.22. The van der Waals surface area contributed by atoms with Crippen LogP contribution in [0.5, 0.6) is 0 Å². The lowest BCUT2D eigenvalue weighted by molar-refractivity contribution is -0.137. The van der Waals surface area contributed by atoms with Crippen LogP contribution in [-0.4, -0.2) is 6.04 Å². The first-order chi connectivity index (χ1) is 8.48. The highest BCUT2D eigenvalue weighted by atomic mass is 19.4. The van der Waals surface area contributed by atoms with Gasteiger partial charge in [0, 0.05) is 6.04 Å². The van der Waals surface area contributed by atoms with E-state index in [9.17, 15) is 13.2 Å². The van der Waals surface area contributed by atoms with Gasteiger partial charge in [-0.1, -0.05) is 36.3 Å². The molecule has 1 aromatic rings. The first-order valence-corrected chi connectivity index (χ1v) is 6.11. The third-order valence-corrected chi connectivity index (χ3v) is 3.31. The van der Waals surface area contributed by atoms with Gasteiger partial charge in [-0.3, -0.25) is 0 Å². The third-order valence-electron chi connectivity index (χ3n) is 3.31. The molecule has 1 aliphatic carbocycles. The van der Waals surface area contributed by atoms with Crippen molar-refractivity contribution >= 4 is 6.08 Å². The first-order valence-electron chi connectivity index (χ1n) is 6.11. The quantitative estimate of drug-likeness (QED) is 0.806. The molecule has 0 amide bonds. The molecular formula is C14H16F3N. The van der Waals surface area contributed by atoms with Crippen LogP contribution in [0, 0.1) is 0 Å². The van der Waals surface area contributed by atoms with Gasteiger partial charge in [0.05, 0.1) is 5.56 Å². The molecule has 0 radical (unpaired) electrons. The number of hydrogen-bond donors (Lipinski definition) is 1. The summed E-state index contributed by atoms with van der Waals surface area (Å²) in [6.45, 7) is 0. The van der Waals surface area contributed by atoms with Crippen molar-refractivity contribution in [2.45, 2.75) is 37.9 Å². The Balaban J connectivity index is 2.36. The minimum absolute atomic E-state index is 0.0972. The monoisotopic (exact) mass is 255 g/mol. The second-order valence-electron chi connectivity index (χ2n) is 4.66. The largest absolute Gasteiger partial charge is 0.416 e. The van der Waals surface area contributed by atoms with Crippen LogP contribution < -0.4 is 5.73 Å². The number of rotatable bonds is 1. The van der Waals surface area contributed by atoms with Gasteiger partial charge in [-0.25, -0.2) is 0 Å². The summed E-state index contributed by atoms with van der Waals surface area (Å²) >= 11 is 0. The van der Waals surface area contributed by atoms with Gasteiger partial charge in [0.1, 0.15) is 0 Å². The van der Waals surface area contributed by atoms with Crippen LogP contribution in [-0.2, 0) is 6.18 Å². The second kappa shape index (κ2) is 5.14. The minimum Gasteiger partial charge on any atom is -0.324 e. The van der Waals surface area contributed by atoms with E-state index in [1.54, 1.807) is 12.1 Å². The molecule has 1 aromatic carbocycles. The van der Waals surface area contributed by atoms with Crippen LogP contribution in [0.4, 0.5) is 13.2 Å². The number of halogens is 3. The van der Waals surface area contributed by atoms with Gasteiger partial charge in [-0.15, -0.1) is 0 Å². The number of nitrogens with two attached hydrogens (primary N) is 1. The molecule has 2 N–H and O–H groups in total. The molecule has 18 heavy (non-hydrogen) atoms. The molecule has 1 fully saturated rings. The predicted octanol–water partition coefficient (Wildman–Crippen LogP) is 3.99. The molecule has 1 atom stereocenters. The predicted molar refractivity (Wildman–Crippen MR) is 65.9 cm³/mol. The molecule has 98 valence electrons. The molecule has 0 heterocycles. The lowest BCUT2D eigenvalue weighted by atomic mass is 9.88. The summed E-state index contributed by atoms with van der Waals surface area (Å²) in [6.07, 6.45) is 1.03. The zero-order valence-electron chi connectivity index (χ0n) is 10.0. The highest BCUT2D eigenvalue weighted by Gasteiger charge is 2.32. The highest BCUT2D eigenvalue weighted by molar-refractivity contribution is 5.58. The fraction of sp³-hybridized carbons (Fsp3) is 0.429. The SMILES string of the molecule is NC1CCCCC1=Cc1ccccc1C(F)(F)F. The van der Waals surface area contributed by atoms with Gasteiger partial charge in [0.2, 0.25) is 0 Å². The molecule has 0 aromatic heterocycles. The van der Waals surface area contributed by atoms with Gasteiger partial charge in [0.25, 0.3) is 0 Å². The van der Waals surface area contributed by atoms with E-state index >= 15 is 0 Å². The molecule has 4 heteroatoms. The smallest absolute Gasteiger partial charge is 0.324 e. The summed E-state index contributed by atoms with van der Waals surface area (Å²) in [5.74, 6) is 0. The molecule has 0 bridgehead atoms. The second-order valence-corrected chi connectivity index (χ2v) is 4.66. The van der Waals surface area contributed by atoms with Crippen LogP contribution in [0.15, 0.2) is 29.8 Å². The molecule has 2 rings (SSSR count). The maximum Gasteiger partial charge on any atom is 0.416 e. The van der Waals surface area contributed by atoms with Gasteiger partial charge in [-0.05, 0) is 30.9 Å². The van der Waals surface area contributed by atoms with Crippen molar-refractivity contribution in [2.75, 3.05) is 0 Å². The lowest BCUT2D eigenvalue weighted by Crippen LogP contribution is -2.25. The van der Waals surface area contributed by atoms with E-state index in [0.717, 1.165) is 37.3 Å². The van der Waals surface area contributed by atoms with Gasteiger partial charge >= 0.3 is 6.18 Å². The maximum absolute atomic E-state index is 12.8. The van der Waals surface area contributed by atoms with Crippen LogP contribution in [0.3, 0.4) is 0 Å². The highest BCUT2D eigenvalue weighted by Crippen LogP contribution is 2.34. The van der Waals surface area contributed by atoms with Crippen LogP contribution >= 0.6 is 0 Å². The maximum atomic E-state index is 12.8. The molecular weight excluding hydrogens is 239 g/mol. The molecule has 0 saturated heterocycles. The molecule has 1 saturated carbocycles. The Morgan fingerprint density at radius 3 is 2.56 bits per heavy atom. The topological polar surface area (TPSA) is 26.0 Å². The molecule has 0 spiro atoms. The Morgan fingerprint density at radius 1 is 1.17 bits per heavy atom. The summed E-state index contributed by atoms with van der Waals surface area (Å²) in [7, 11) is 0. The average molecular weight is 255 g/mol. The first kappa shape index (κ1) is 13.1. The van der Waals surface area contributed by atoms with Crippen molar-refractivity contribution in [3.05, 3.63) is 41.0 Å². The number of hydrogen-bond acceptors (Lipinski definition) is 1. The van der Waals surface area contributed by atoms with E-state index in [1.165, 1.54) is 12.1 Å². The van der Waals surface area contributed by atoms with Crippen molar-refractivity contribution in [1.82, 2.24) is 0 Å². The summed E-state index contributed by atoms with van der Waals surface area (Å²) in [5.41, 5.74) is 6.50. The summed E-state index contributed by atoms with van der Waals surface area (Å²) in [6, 6.07) is 5.54. The van der Waals surface area contributed by atoms with E-state index in [2.05, 4.69) is 0 Å². The number of benzene rings is 1. The number of alkyl halides is 3. The van der Waals surface area contributed by atoms with E-state index < -0.39 is 11.7 Å². The normalized spacial score (nSPS) is 23.3. The zero-order chi connectivity index (χ0) is 13.2. The van der Waals surface area contributed by atoms with Gasteiger partial charge in [0.15, 0.2) is 0 Å². The van der Waals surface area contributed by atoms with Gasteiger partial charge in [-0.2, -0.15) is 13.2 Å². The summed E-state index contributed by atoms with van der Waals surface area (Å²) in [4.78, 5) is 0. The fourth-order valence-corrected chi connectivity index (χ4v) is 2.32. The Kier molecular flexibility index (Phi) is 3.76. The van der Waals surface area contributed by atoms with E-state index in [1.807, 2.05) is 0 Å². The zero-order valence-corrected chi connectivity index (χ0v) is 10.0. The van der Waals surface area contributed by atoms with Crippen LogP contribution in [0.25, 0.3) is 6.08 Å². The Labute approximate surface area is 104 Å². The Bertz CT molecular complexity index is 449. The molecule has 1 nitrogen and oxygen atoms in total. The van der Waals surface area contributed by atoms with Crippen molar-refractivity contribution in [1.29, 1.82) is 0 Å². The molecule has 1 unspecified atom stereocenters. The fourth-order valence-electron chi connectivity index (χ4n) is 2.32. The van der Waals surface area contributed by atoms with E-state index in [4.69, 9.17) is 5.73 Å². The van der Waals surface area contributed by atoms with Crippen molar-refractivity contribution in [3.8, 4) is 0 Å². The summed E-state index contributed by atoms with van der Waals surface area (Å²) < 4.78 is 38.5. The third kappa shape index (κ3) is 2.93. The Hall–Kier alpha value is -1.29. The van der Waals surface area contributed by atoms with Crippen molar-refractivity contribution in [3.63, 3.8) is 0 Å². The molecule has 0 aliphatic heterocycles. The Morgan fingerprint density at radius 2 is 1.89 bits per heavy atom. The van der Waals surface area contributed by atoms with Crippen LogP contribution in [0.2, 0.25) is 0 Å². The van der Waals surface area contributed by atoms with E-state index in [-0.39, 0.29) is 11.6 Å². The minimum atomic E-state index is -4.31. The standard InChI is InChI=1S/C14H16F3N/c15-14(16,17)12-7-3-1-5-10(12)9-11-6-2-4-8-13(11)18/h1,3,5,7,9,13H,2,4,6,8,18H2. The van der Waals surface area contributed by atoms with E-state index in [0.29, 0.717) is 0 Å². The van der Waals surface area contributed by atoms with Crippen molar-refractivity contribution in [2.24, 2.45) is 5.73 Å². The van der Waals surface area contributed by atoms with Crippen molar-refractivity contribution < 1.29 is 13.2 Å². The average Bonchev–Trinajstić information content (AvgIpc) is 2.31. The van der Waals surface area contributed by atoms with Crippen LogP contribution in [0.1, 0.15) is 36.8 Å². The van der Waals surface area contributed by atoms with Gasteiger partial charge < -0.3 is 5.73 Å². The molecule has 1 aliphatic rings.